The van der Waals surface area contributed by atoms with E-state index in [1.165, 1.54) is 41.7 Å². The minimum Gasteiger partial charge on any atom is -0.487 e. The van der Waals surface area contributed by atoms with Gasteiger partial charge in [-0.05, 0) is 69.0 Å². The molecule has 0 atom stereocenters. The van der Waals surface area contributed by atoms with Gasteiger partial charge in [0, 0.05) is 25.6 Å². The Hall–Kier alpha value is -4.34. The lowest BCUT2D eigenvalue weighted by Gasteiger charge is -2.30. The number of hydrazone groups is 1. The van der Waals surface area contributed by atoms with Crippen molar-refractivity contribution in [3.8, 4) is 5.75 Å². The summed E-state index contributed by atoms with van der Waals surface area (Å²) in [7, 11) is -9.64. The van der Waals surface area contributed by atoms with Gasteiger partial charge in [0.25, 0.3) is 11.0 Å². The van der Waals surface area contributed by atoms with Gasteiger partial charge in [0.15, 0.2) is 5.75 Å². The molecule has 5 aromatic rings. The van der Waals surface area contributed by atoms with E-state index in [9.17, 15) is 48.7 Å². The van der Waals surface area contributed by atoms with Gasteiger partial charge in [0.2, 0.25) is 0 Å². The Labute approximate surface area is 291 Å². The summed E-state index contributed by atoms with van der Waals surface area (Å²) in [6, 6.07) is 22.5. The van der Waals surface area contributed by atoms with Crippen molar-refractivity contribution in [2.45, 2.75) is 24.5 Å². The molecule has 6 N–H and O–H groups in total. The Morgan fingerprint density at radius 1 is 0.961 bits per heavy atom. The van der Waals surface area contributed by atoms with Gasteiger partial charge in [-0.2, -0.15) is 5.10 Å². The van der Waals surface area contributed by atoms with E-state index in [2.05, 4.69) is 46.9 Å². The number of hydrogen-bond donors (Lipinski definition) is 6. The van der Waals surface area contributed by atoms with Crippen LogP contribution in [0.5, 0.6) is 5.75 Å². The summed E-state index contributed by atoms with van der Waals surface area (Å²) < 4.78 is 34.4. The van der Waals surface area contributed by atoms with Crippen LogP contribution in [-0.4, -0.2) is 85.1 Å². The topological polar surface area (TPSA) is 242 Å². The van der Waals surface area contributed by atoms with Crippen LogP contribution in [0, 0.1) is 10.1 Å². The number of ether oxygens (including phenoxy) is 2. The lowest BCUT2D eigenvalue weighted by Crippen LogP contribution is -2.34. The molecule has 0 spiro atoms. The molecule has 51 heavy (non-hydrogen) atoms. The highest BCUT2D eigenvalue weighted by atomic mass is 31.2. The van der Waals surface area contributed by atoms with Crippen LogP contribution >= 0.6 is 15.2 Å². The standard InChI is InChI=1S/C33H36N4O12P2/c1-36(16-14-33(39,50(42,43)44)51(45,46)47)15-3-17-49-29-18-22(6-13-28(29)37(40)41)19-34-35-30(38)21-48-20-26-10-9-25-8-7-23-4-2-5-24-11-12-27(26)32(25)31(23)24/h2,4-13,18-19,39H,3,14-17,20-21H2,1H3,(H,35,38)(H2,42,43,44)(H2,45,46,47)/b34-19+. The Morgan fingerprint density at radius 3 is 2.27 bits per heavy atom. The van der Waals surface area contributed by atoms with E-state index in [0.717, 1.165) is 32.5 Å². The second-order valence-electron chi connectivity index (χ2n) is 12.0. The van der Waals surface area contributed by atoms with Crippen LogP contribution in [0.3, 0.4) is 0 Å². The van der Waals surface area contributed by atoms with E-state index in [4.69, 9.17) is 9.47 Å². The molecule has 0 aliphatic rings. The highest BCUT2D eigenvalue weighted by molar-refractivity contribution is 7.72. The highest BCUT2D eigenvalue weighted by Crippen LogP contribution is 2.68. The normalized spacial score (nSPS) is 12.8. The van der Waals surface area contributed by atoms with Crippen LogP contribution in [0.4, 0.5) is 5.69 Å². The molecule has 270 valence electrons. The van der Waals surface area contributed by atoms with Crippen molar-refractivity contribution in [3.63, 3.8) is 0 Å². The van der Waals surface area contributed by atoms with Crippen molar-refractivity contribution >= 4 is 65.3 Å². The third-order valence-electron chi connectivity index (χ3n) is 8.40. The predicted octanol–water partition coefficient (Wildman–Crippen LogP) is 4.25. The second-order valence-corrected chi connectivity index (χ2v) is 16.0. The molecule has 0 bridgehead atoms. The Kier molecular flexibility index (Phi) is 11.5. The average Bonchev–Trinajstić information content (AvgIpc) is 3.07. The number of rotatable bonds is 17. The Bertz CT molecular complexity index is 2150. The maximum atomic E-state index is 12.4. The maximum Gasteiger partial charge on any atom is 0.369 e. The van der Waals surface area contributed by atoms with Crippen LogP contribution in [0.25, 0.3) is 32.3 Å². The Morgan fingerprint density at radius 2 is 1.61 bits per heavy atom. The summed E-state index contributed by atoms with van der Waals surface area (Å²) in [4.78, 5) is 61.9. The zero-order chi connectivity index (χ0) is 37.0. The number of carbonyl (C=O) groups excluding carboxylic acids is 1. The van der Waals surface area contributed by atoms with Gasteiger partial charge in [-0.15, -0.1) is 0 Å². The summed E-state index contributed by atoms with van der Waals surface area (Å²) in [5, 5.41) is 28.8. The molecule has 0 aliphatic heterocycles. The number of nitrogens with zero attached hydrogens (tertiary/aromatic N) is 3. The van der Waals surface area contributed by atoms with Gasteiger partial charge >= 0.3 is 20.9 Å². The number of nitro groups is 1. The third kappa shape index (κ3) is 8.59. The fraction of sp³-hybridized carbons (Fsp3) is 0.273. The molecule has 0 aliphatic carbocycles. The van der Waals surface area contributed by atoms with E-state index in [-0.39, 0.29) is 50.8 Å². The molecule has 16 nitrogen and oxygen atoms in total. The second kappa shape index (κ2) is 15.5. The van der Waals surface area contributed by atoms with Gasteiger partial charge in [-0.1, -0.05) is 54.6 Å². The molecule has 0 aromatic heterocycles. The fourth-order valence-electron chi connectivity index (χ4n) is 5.69. The first-order valence-corrected chi connectivity index (χ1v) is 18.8. The van der Waals surface area contributed by atoms with Crippen molar-refractivity contribution in [3.05, 3.63) is 94.0 Å². The first kappa shape index (κ1) is 37.9. The van der Waals surface area contributed by atoms with Crippen molar-refractivity contribution < 1.29 is 53.0 Å². The SMILES string of the molecule is CN(CCCOc1cc(/C=N/NC(=O)COCc2ccc3ccc4cccc5ccc2c3c45)ccc1[N+](=O)[O-])CCC(O)(P(=O)(O)O)P(=O)(O)O. The molecule has 5 rings (SSSR count). The van der Waals surface area contributed by atoms with Crippen LogP contribution in [-0.2, 0) is 25.3 Å². The number of carbonyl (C=O) groups is 1. The average molecular weight is 743 g/mol. The molecule has 1 amide bonds. The molecule has 0 heterocycles. The number of benzene rings is 5. The van der Waals surface area contributed by atoms with E-state index in [1.807, 2.05) is 18.2 Å². The zero-order valence-corrected chi connectivity index (χ0v) is 29.1. The summed E-state index contributed by atoms with van der Waals surface area (Å²) in [6.45, 7) is -0.186. The Balaban J connectivity index is 1.11. The van der Waals surface area contributed by atoms with E-state index < -0.39 is 37.5 Å². The molecular formula is C33H36N4O12P2. The smallest absolute Gasteiger partial charge is 0.369 e. The molecule has 0 radical (unpaired) electrons. The lowest BCUT2D eigenvalue weighted by atomic mass is 9.92. The molecule has 0 saturated carbocycles. The lowest BCUT2D eigenvalue weighted by molar-refractivity contribution is -0.385. The number of nitro benzene ring substituents is 1. The highest BCUT2D eigenvalue weighted by Gasteiger charge is 2.58. The third-order valence-corrected chi connectivity index (χ3v) is 12.3. The van der Waals surface area contributed by atoms with E-state index in [1.54, 1.807) is 0 Å². The van der Waals surface area contributed by atoms with Gasteiger partial charge in [-0.3, -0.25) is 24.0 Å². The van der Waals surface area contributed by atoms with Crippen LogP contribution in [0.15, 0.2) is 77.9 Å². The first-order chi connectivity index (χ1) is 24.1. The van der Waals surface area contributed by atoms with Crippen molar-refractivity contribution in [2.24, 2.45) is 5.10 Å². The van der Waals surface area contributed by atoms with Gasteiger partial charge < -0.3 is 39.1 Å². The molecular weight excluding hydrogens is 706 g/mol. The minimum atomic E-state index is -5.57. The van der Waals surface area contributed by atoms with E-state index >= 15 is 0 Å². The number of nitrogens with one attached hydrogen (secondary N) is 1. The summed E-state index contributed by atoms with van der Waals surface area (Å²) in [5.41, 5.74) is 3.37. The number of hydrogen-bond acceptors (Lipinski definition) is 10. The maximum absolute atomic E-state index is 12.4. The summed E-state index contributed by atoms with van der Waals surface area (Å²) in [6.07, 6.45) is 0.628. The van der Waals surface area contributed by atoms with Crippen LogP contribution < -0.4 is 10.2 Å². The first-order valence-electron chi connectivity index (χ1n) is 15.6. The quantitative estimate of drug-likeness (QED) is 0.0195. The fourth-order valence-corrected chi connectivity index (χ4v) is 7.83. The monoisotopic (exact) mass is 742 g/mol. The molecule has 0 saturated heterocycles. The molecule has 18 heteroatoms. The van der Waals surface area contributed by atoms with Crippen LogP contribution in [0.1, 0.15) is 24.0 Å². The largest absolute Gasteiger partial charge is 0.487 e. The number of aliphatic hydroxyl groups is 1. The van der Waals surface area contributed by atoms with Crippen molar-refractivity contribution in [1.29, 1.82) is 0 Å². The molecule has 5 aromatic carbocycles. The van der Waals surface area contributed by atoms with E-state index in [0.29, 0.717) is 5.56 Å². The van der Waals surface area contributed by atoms with Gasteiger partial charge in [0.05, 0.1) is 24.4 Å². The summed E-state index contributed by atoms with van der Waals surface area (Å²) in [5.74, 6) is -0.585. The molecule has 0 fully saturated rings. The summed E-state index contributed by atoms with van der Waals surface area (Å²) >= 11 is 0. The van der Waals surface area contributed by atoms with Crippen molar-refractivity contribution in [1.82, 2.24) is 10.3 Å². The van der Waals surface area contributed by atoms with Gasteiger partial charge in [0.1, 0.15) is 6.61 Å². The molecule has 0 unspecified atom stereocenters. The number of amides is 1. The van der Waals surface area contributed by atoms with Gasteiger partial charge in [-0.25, -0.2) is 5.43 Å². The minimum absolute atomic E-state index is 0.0345. The zero-order valence-electron chi connectivity index (χ0n) is 27.3. The van der Waals surface area contributed by atoms with Crippen LogP contribution in [0.2, 0.25) is 0 Å². The van der Waals surface area contributed by atoms with Crippen molar-refractivity contribution in [2.75, 3.05) is 33.4 Å². The predicted molar refractivity (Wildman–Crippen MR) is 190 cm³/mol.